The van der Waals surface area contributed by atoms with Crippen molar-refractivity contribution in [3.63, 3.8) is 0 Å². The standard InChI is InChI=1S/C14H16N2O/c1-16-9-8-13(15-16)14(17)12-5-3-2-4-11(12)10-6-7-10/h2-5,8-10,14,17H,6-7H2,1H3. The highest BCUT2D eigenvalue weighted by molar-refractivity contribution is 5.37. The molecule has 0 radical (unpaired) electrons. The van der Waals surface area contributed by atoms with Gasteiger partial charge in [0.2, 0.25) is 0 Å². The van der Waals surface area contributed by atoms with Gasteiger partial charge in [0.1, 0.15) is 6.10 Å². The van der Waals surface area contributed by atoms with Gasteiger partial charge in [-0.05, 0) is 36.0 Å². The third-order valence-corrected chi connectivity index (χ3v) is 3.32. The number of rotatable bonds is 3. The Morgan fingerprint density at radius 1 is 1.29 bits per heavy atom. The Hall–Kier alpha value is -1.61. The van der Waals surface area contributed by atoms with Crippen molar-refractivity contribution in [2.75, 3.05) is 0 Å². The molecule has 1 aromatic carbocycles. The molecule has 88 valence electrons. The number of benzene rings is 1. The maximum Gasteiger partial charge on any atom is 0.123 e. The first-order valence-corrected chi connectivity index (χ1v) is 6.02. The van der Waals surface area contributed by atoms with E-state index < -0.39 is 6.10 Å². The van der Waals surface area contributed by atoms with Gasteiger partial charge in [-0.2, -0.15) is 5.10 Å². The lowest BCUT2D eigenvalue weighted by Crippen LogP contribution is -2.04. The number of aromatic nitrogens is 2. The fourth-order valence-corrected chi connectivity index (χ4v) is 2.26. The second kappa shape index (κ2) is 4.00. The normalized spacial score (nSPS) is 17.1. The van der Waals surface area contributed by atoms with Crippen molar-refractivity contribution < 1.29 is 5.11 Å². The van der Waals surface area contributed by atoms with Crippen molar-refractivity contribution in [2.24, 2.45) is 7.05 Å². The summed E-state index contributed by atoms with van der Waals surface area (Å²) in [7, 11) is 1.86. The Labute approximate surface area is 101 Å². The van der Waals surface area contributed by atoms with Crippen molar-refractivity contribution in [1.82, 2.24) is 9.78 Å². The van der Waals surface area contributed by atoms with Crippen LogP contribution in [0.2, 0.25) is 0 Å². The quantitative estimate of drug-likeness (QED) is 0.875. The molecule has 3 rings (SSSR count). The first kappa shape index (κ1) is 10.5. The van der Waals surface area contributed by atoms with E-state index in [1.54, 1.807) is 4.68 Å². The van der Waals surface area contributed by atoms with Gasteiger partial charge in [0.15, 0.2) is 0 Å². The number of aryl methyl sites for hydroxylation is 1. The Bertz CT molecular complexity index is 529. The zero-order valence-electron chi connectivity index (χ0n) is 9.87. The molecule has 1 aliphatic rings. The third kappa shape index (κ3) is 1.98. The van der Waals surface area contributed by atoms with Crippen LogP contribution in [0.4, 0.5) is 0 Å². The predicted octanol–water partition coefficient (Wildman–Crippen LogP) is 2.38. The Balaban J connectivity index is 1.98. The molecule has 1 atom stereocenters. The van der Waals surface area contributed by atoms with Gasteiger partial charge in [-0.3, -0.25) is 4.68 Å². The molecule has 2 aromatic rings. The van der Waals surface area contributed by atoms with Crippen LogP contribution in [0.5, 0.6) is 0 Å². The second-order valence-corrected chi connectivity index (χ2v) is 4.72. The van der Waals surface area contributed by atoms with Crippen molar-refractivity contribution in [1.29, 1.82) is 0 Å². The molecule has 1 heterocycles. The molecule has 3 heteroatoms. The summed E-state index contributed by atoms with van der Waals surface area (Å²) in [5, 5.41) is 14.7. The molecule has 0 spiro atoms. The van der Waals surface area contributed by atoms with Crippen LogP contribution in [-0.2, 0) is 7.05 Å². The average molecular weight is 228 g/mol. The topological polar surface area (TPSA) is 38.0 Å². The summed E-state index contributed by atoms with van der Waals surface area (Å²) in [5.41, 5.74) is 3.01. The molecule has 0 saturated heterocycles. The van der Waals surface area contributed by atoms with Crippen LogP contribution in [0.3, 0.4) is 0 Å². The number of aliphatic hydroxyl groups is 1. The van der Waals surface area contributed by atoms with E-state index in [2.05, 4.69) is 11.2 Å². The largest absolute Gasteiger partial charge is 0.382 e. The van der Waals surface area contributed by atoms with E-state index in [0.717, 1.165) is 11.3 Å². The Morgan fingerprint density at radius 3 is 2.71 bits per heavy atom. The lowest BCUT2D eigenvalue weighted by molar-refractivity contribution is 0.213. The molecule has 0 amide bonds. The van der Waals surface area contributed by atoms with Gasteiger partial charge in [-0.15, -0.1) is 0 Å². The maximum absolute atomic E-state index is 10.4. The highest BCUT2D eigenvalue weighted by Crippen LogP contribution is 2.43. The lowest BCUT2D eigenvalue weighted by atomic mass is 9.97. The van der Waals surface area contributed by atoms with Crippen LogP contribution >= 0.6 is 0 Å². The highest BCUT2D eigenvalue weighted by Gasteiger charge is 2.28. The van der Waals surface area contributed by atoms with Crippen LogP contribution in [0.15, 0.2) is 36.5 Å². The minimum Gasteiger partial charge on any atom is -0.382 e. The predicted molar refractivity (Wildman–Crippen MR) is 65.7 cm³/mol. The zero-order chi connectivity index (χ0) is 11.8. The zero-order valence-corrected chi connectivity index (χ0v) is 9.87. The Morgan fingerprint density at radius 2 is 2.06 bits per heavy atom. The summed E-state index contributed by atoms with van der Waals surface area (Å²) in [4.78, 5) is 0. The smallest absolute Gasteiger partial charge is 0.123 e. The molecule has 1 N–H and O–H groups in total. The maximum atomic E-state index is 10.4. The summed E-state index contributed by atoms with van der Waals surface area (Å²) >= 11 is 0. The van der Waals surface area contributed by atoms with Gasteiger partial charge in [0.25, 0.3) is 0 Å². The SMILES string of the molecule is Cn1ccc(C(O)c2ccccc2C2CC2)n1. The van der Waals surface area contributed by atoms with Crippen molar-refractivity contribution in [3.05, 3.63) is 53.3 Å². The van der Waals surface area contributed by atoms with Gasteiger partial charge < -0.3 is 5.11 Å². The fourth-order valence-electron chi connectivity index (χ4n) is 2.26. The molecule has 1 aromatic heterocycles. The van der Waals surface area contributed by atoms with Gasteiger partial charge in [0, 0.05) is 13.2 Å². The van der Waals surface area contributed by atoms with E-state index in [0.29, 0.717) is 5.92 Å². The lowest BCUT2D eigenvalue weighted by Gasteiger charge is -2.13. The second-order valence-electron chi connectivity index (χ2n) is 4.72. The summed E-state index contributed by atoms with van der Waals surface area (Å²) < 4.78 is 1.72. The number of hydrogen-bond acceptors (Lipinski definition) is 2. The summed E-state index contributed by atoms with van der Waals surface area (Å²) in [5.74, 6) is 0.643. The summed E-state index contributed by atoms with van der Waals surface area (Å²) in [6, 6.07) is 10.0. The van der Waals surface area contributed by atoms with Gasteiger partial charge in [-0.25, -0.2) is 0 Å². The van der Waals surface area contributed by atoms with Gasteiger partial charge >= 0.3 is 0 Å². The molecule has 1 fully saturated rings. The molecular weight excluding hydrogens is 212 g/mol. The average Bonchev–Trinajstić information content (AvgIpc) is 3.11. The van der Waals surface area contributed by atoms with E-state index in [1.165, 1.54) is 18.4 Å². The van der Waals surface area contributed by atoms with E-state index in [4.69, 9.17) is 0 Å². The summed E-state index contributed by atoms with van der Waals surface area (Å²) in [6.07, 6.45) is 3.74. The number of nitrogens with zero attached hydrogens (tertiary/aromatic N) is 2. The number of hydrogen-bond donors (Lipinski definition) is 1. The third-order valence-electron chi connectivity index (χ3n) is 3.32. The number of aliphatic hydroxyl groups excluding tert-OH is 1. The highest BCUT2D eigenvalue weighted by atomic mass is 16.3. The fraction of sp³-hybridized carbons (Fsp3) is 0.357. The van der Waals surface area contributed by atoms with Crippen LogP contribution < -0.4 is 0 Å². The molecule has 1 unspecified atom stereocenters. The van der Waals surface area contributed by atoms with Gasteiger partial charge in [-0.1, -0.05) is 24.3 Å². The van der Waals surface area contributed by atoms with Crippen LogP contribution in [0, 0.1) is 0 Å². The molecule has 1 saturated carbocycles. The van der Waals surface area contributed by atoms with E-state index >= 15 is 0 Å². The minimum atomic E-state index is -0.604. The molecule has 1 aliphatic carbocycles. The molecule has 0 bridgehead atoms. The van der Waals surface area contributed by atoms with E-state index in [1.807, 2.05) is 37.5 Å². The van der Waals surface area contributed by atoms with Crippen LogP contribution in [-0.4, -0.2) is 14.9 Å². The summed E-state index contributed by atoms with van der Waals surface area (Å²) in [6.45, 7) is 0. The minimum absolute atomic E-state index is 0.604. The molecule has 0 aliphatic heterocycles. The first-order chi connectivity index (χ1) is 8.25. The molecule has 3 nitrogen and oxygen atoms in total. The van der Waals surface area contributed by atoms with Crippen molar-refractivity contribution >= 4 is 0 Å². The van der Waals surface area contributed by atoms with E-state index in [-0.39, 0.29) is 0 Å². The first-order valence-electron chi connectivity index (χ1n) is 6.02. The monoisotopic (exact) mass is 228 g/mol. The molecule has 17 heavy (non-hydrogen) atoms. The Kier molecular flexibility index (Phi) is 2.48. The van der Waals surface area contributed by atoms with Crippen LogP contribution in [0.25, 0.3) is 0 Å². The van der Waals surface area contributed by atoms with Crippen molar-refractivity contribution in [3.8, 4) is 0 Å². The molecular formula is C14H16N2O. The van der Waals surface area contributed by atoms with Gasteiger partial charge in [0.05, 0.1) is 5.69 Å². The van der Waals surface area contributed by atoms with E-state index in [9.17, 15) is 5.11 Å². The van der Waals surface area contributed by atoms with Crippen LogP contribution in [0.1, 0.15) is 41.7 Å². The van der Waals surface area contributed by atoms with Crippen molar-refractivity contribution in [2.45, 2.75) is 24.9 Å².